The number of aryl methyl sites for hydroxylation is 2. The standard InChI is InChI=1S/C13H18O/c1-9-6-7-11(10(2)8-9)12-4-3-5-13(12)14/h6-8,12-14H,3-5H2,1-2H3/t12-,13+/m1/s1. The van der Waals surface area contributed by atoms with E-state index in [4.69, 9.17) is 0 Å². The van der Waals surface area contributed by atoms with Crippen molar-refractivity contribution < 1.29 is 5.11 Å². The number of benzene rings is 1. The highest BCUT2D eigenvalue weighted by Gasteiger charge is 2.27. The van der Waals surface area contributed by atoms with Crippen LogP contribution in [0.3, 0.4) is 0 Å². The Hall–Kier alpha value is -0.820. The third kappa shape index (κ3) is 1.69. The summed E-state index contributed by atoms with van der Waals surface area (Å²) in [5.41, 5.74) is 3.98. The van der Waals surface area contributed by atoms with Crippen molar-refractivity contribution in [2.75, 3.05) is 0 Å². The molecule has 76 valence electrons. The first-order chi connectivity index (χ1) is 6.68. The molecule has 1 heteroatoms. The average Bonchev–Trinajstić information content (AvgIpc) is 2.52. The van der Waals surface area contributed by atoms with Crippen LogP contribution in [-0.4, -0.2) is 11.2 Å². The van der Waals surface area contributed by atoms with Crippen LogP contribution in [0.15, 0.2) is 18.2 Å². The van der Waals surface area contributed by atoms with Crippen LogP contribution in [0.25, 0.3) is 0 Å². The minimum Gasteiger partial charge on any atom is -0.392 e. The van der Waals surface area contributed by atoms with Gasteiger partial charge in [-0.25, -0.2) is 0 Å². The van der Waals surface area contributed by atoms with Gasteiger partial charge in [0.2, 0.25) is 0 Å². The summed E-state index contributed by atoms with van der Waals surface area (Å²) in [4.78, 5) is 0. The van der Waals surface area contributed by atoms with E-state index in [0.29, 0.717) is 5.92 Å². The van der Waals surface area contributed by atoms with Crippen molar-refractivity contribution in [3.05, 3.63) is 34.9 Å². The number of aliphatic hydroxyl groups excluding tert-OH is 1. The molecule has 14 heavy (non-hydrogen) atoms. The molecule has 0 amide bonds. The van der Waals surface area contributed by atoms with Crippen LogP contribution in [0.5, 0.6) is 0 Å². The summed E-state index contributed by atoms with van der Waals surface area (Å²) in [7, 11) is 0. The molecule has 1 aromatic carbocycles. The normalized spacial score (nSPS) is 26.8. The van der Waals surface area contributed by atoms with E-state index < -0.39 is 0 Å². The summed E-state index contributed by atoms with van der Waals surface area (Å²) in [6.45, 7) is 4.26. The van der Waals surface area contributed by atoms with Gasteiger partial charge in [-0.1, -0.05) is 30.2 Å². The quantitative estimate of drug-likeness (QED) is 0.722. The third-order valence-corrected chi connectivity index (χ3v) is 3.30. The lowest BCUT2D eigenvalue weighted by atomic mass is 9.91. The van der Waals surface area contributed by atoms with Gasteiger partial charge in [0.05, 0.1) is 6.10 Å². The zero-order valence-electron chi connectivity index (χ0n) is 8.96. The van der Waals surface area contributed by atoms with E-state index in [-0.39, 0.29) is 6.10 Å². The second-order valence-electron chi connectivity index (χ2n) is 4.46. The van der Waals surface area contributed by atoms with Crippen molar-refractivity contribution in [3.63, 3.8) is 0 Å². The van der Waals surface area contributed by atoms with Crippen LogP contribution in [0.2, 0.25) is 0 Å². The molecule has 0 spiro atoms. The molecule has 0 aromatic heterocycles. The number of hydrogen-bond acceptors (Lipinski definition) is 1. The van der Waals surface area contributed by atoms with Crippen LogP contribution in [0.1, 0.15) is 41.9 Å². The lowest BCUT2D eigenvalue weighted by Crippen LogP contribution is -2.12. The monoisotopic (exact) mass is 190 g/mol. The van der Waals surface area contributed by atoms with Gasteiger partial charge in [0.25, 0.3) is 0 Å². The Morgan fingerprint density at radius 3 is 2.57 bits per heavy atom. The van der Waals surface area contributed by atoms with Gasteiger partial charge in [0, 0.05) is 5.92 Å². The van der Waals surface area contributed by atoms with Crippen LogP contribution >= 0.6 is 0 Å². The number of aliphatic hydroxyl groups is 1. The van der Waals surface area contributed by atoms with E-state index in [1.54, 1.807) is 0 Å². The molecule has 1 fully saturated rings. The maximum absolute atomic E-state index is 9.84. The second kappa shape index (κ2) is 3.74. The van der Waals surface area contributed by atoms with E-state index in [1.165, 1.54) is 23.1 Å². The molecule has 0 radical (unpaired) electrons. The fourth-order valence-electron chi connectivity index (χ4n) is 2.54. The first kappa shape index (κ1) is 9.72. The summed E-state index contributed by atoms with van der Waals surface area (Å²) in [6, 6.07) is 6.54. The summed E-state index contributed by atoms with van der Waals surface area (Å²) >= 11 is 0. The Kier molecular flexibility index (Phi) is 2.60. The Bertz CT molecular complexity index is 330. The molecule has 0 bridgehead atoms. The van der Waals surface area contributed by atoms with Crippen molar-refractivity contribution in [2.45, 2.75) is 45.1 Å². The fourth-order valence-corrected chi connectivity index (χ4v) is 2.54. The zero-order valence-corrected chi connectivity index (χ0v) is 8.96. The van der Waals surface area contributed by atoms with Gasteiger partial charge in [0.1, 0.15) is 0 Å². The van der Waals surface area contributed by atoms with Gasteiger partial charge in [-0.3, -0.25) is 0 Å². The Balaban J connectivity index is 2.31. The van der Waals surface area contributed by atoms with E-state index >= 15 is 0 Å². The second-order valence-corrected chi connectivity index (χ2v) is 4.46. The first-order valence-electron chi connectivity index (χ1n) is 5.43. The Morgan fingerprint density at radius 1 is 1.21 bits per heavy atom. The van der Waals surface area contributed by atoms with E-state index in [2.05, 4.69) is 32.0 Å². The van der Waals surface area contributed by atoms with Crippen molar-refractivity contribution in [1.82, 2.24) is 0 Å². The van der Waals surface area contributed by atoms with Crippen molar-refractivity contribution in [3.8, 4) is 0 Å². The fraction of sp³-hybridized carbons (Fsp3) is 0.538. The van der Waals surface area contributed by atoms with Gasteiger partial charge in [-0.15, -0.1) is 0 Å². The van der Waals surface area contributed by atoms with Crippen LogP contribution in [0, 0.1) is 13.8 Å². The topological polar surface area (TPSA) is 20.2 Å². The molecule has 1 aliphatic rings. The predicted octanol–water partition coefficient (Wildman–Crippen LogP) is 2.93. The molecule has 1 N–H and O–H groups in total. The minimum atomic E-state index is -0.114. The van der Waals surface area contributed by atoms with E-state index in [1.807, 2.05) is 0 Å². The largest absolute Gasteiger partial charge is 0.392 e. The average molecular weight is 190 g/mol. The van der Waals surface area contributed by atoms with Gasteiger partial charge >= 0.3 is 0 Å². The SMILES string of the molecule is Cc1ccc([C@H]2CCC[C@@H]2O)c(C)c1. The highest BCUT2D eigenvalue weighted by molar-refractivity contribution is 5.34. The molecule has 0 saturated heterocycles. The summed E-state index contributed by atoms with van der Waals surface area (Å²) in [5.74, 6) is 0.385. The van der Waals surface area contributed by atoms with Crippen LogP contribution in [-0.2, 0) is 0 Å². The molecule has 2 rings (SSSR count). The molecule has 1 saturated carbocycles. The molecule has 2 atom stereocenters. The molecular weight excluding hydrogens is 172 g/mol. The van der Waals surface area contributed by atoms with Gasteiger partial charge in [-0.05, 0) is 37.8 Å². The number of rotatable bonds is 1. The molecule has 0 aliphatic heterocycles. The smallest absolute Gasteiger partial charge is 0.0608 e. The lowest BCUT2D eigenvalue weighted by molar-refractivity contribution is 0.163. The van der Waals surface area contributed by atoms with Gasteiger partial charge in [0.15, 0.2) is 0 Å². The maximum atomic E-state index is 9.84. The van der Waals surface area contributed by atoms with Crippen LogP contribution in [0.4, 0.5) is 0 Å². The molecule has 1 aliphatic carbocycles. The zero-order chi connectivity index (χ0) is 10.1. The first-order valence-corrected chi connectivity index (χ1v) is 5.43. The summed E-state index contributed by atoms with van der Waals surface area (Å²) in [5, 5.41) is 9.84. The summed E-state index contributed by atoms with van der Waals surface area (Å²) < 4.78 is 0. The lowest BCUT2D eigenvalue weighted by Gasteiger charge is -2.17. The third-order valence-electron chi connectivity index (χ3n) is 3.30. The highest BCUT2D eigenvalue weighted by atomic mass is 16.3. The Labute approximate surface area is 85.8 Å². The van der Waals surface area contributed by atoms with Crippen molar-refractivity contribution in [1.29, 1.82) is 0 Å². The van der Waals surface area contributed by atoms with Crippen molar-refractivity contribution >= 4 is 0 Å². The molecule has 0 heterocycles. The van der Waals surface area contributed by atoms with Gasteiger partial charge < -0.3 is 5.11 Å². The minimum absolute atomic E-state index is 0.114. The van der Waals surface area contributed by atoms with Gasteiger partial charge in [-0.2, -0.15) is 0 Å². The summed E-state index contributed by atoms with van der Waals surface area (Å²) in [6.07, 6.45) is 3.17. The van der Waals surface area contributed by atoms with E-state index in [9.17, 15) is 5.11 Å². The molecule has 1 aromatic rings. The Morgan fingerprint density at radius 2 is 2.00 bits per heavy atom. The van der Waals surface area contributed by atoms with Crippen molar-refractivity contribution in [2.24, 2.45) is 0 Å². The highest BCUT2D eigenvalue weighted by Crippen LogP contribution is 2.36. The predicted molar refractivity (Wildman–Crippen MR) is 58.5 cm³/mol. The maximum Gasteiger partial charge on any atom is 0.0608 e. The molecule has 0 unspecified atom stereocenters. The molecular formula is C13H18O. The molecule has 1 nitrogen and oxygen atoms in total. The van der Waals surface area contributed by atoms with Crippen LogP contribution < -0.4 is 0 Å². The number of hydrogen-bond donors (Lipinski definition) is 1. The van der Waals surface area contributed by atoms with E-state index in [0.717, 1.165) is 12.8 Å².